The molecule has 1 unspecified atom stereocenters. The van der Waals surface area contributed by atoms with Gasteiger partial charge < -0.3 is 4.90 Å². The van der Waals surface area contributed by atoms with Gasteiger partial charge in [0.1, 0.15) is 0 Å². The molecular formula is C8H14FNO. The highest BCUT2D eigenvalue weighted by molar-refractivity contribution is 5.77. The fourth-order valence-corrected chi connectivity index (χ4v) is 1.55. The normalized spacial score (nSPS) is 25.3. The van der Waals surface area contributed by atoms with Crippen molar-refractivity contribution < 1.29 is 9.18 Å². The van der Waals surface area contributed by atoms with Crippen LogP contribution in [0.4, 0.5) is 4.39 Å². The number of carbonyl (C=O) groups is 1. The Balaban J connectivity index is 2.47. The smallest absolute Gasteiger partial charge is 0.254 e. The Morgan fingerprint density at radius 1 is 1.64 bits per heavy atom. The Kier molecular flexibility index (Phi) is 2.85. The van der Waals surface area contributed by atoms with Crippen LogP contribution in [0.3, 0.4) is 0 Å². The summed E-state index contributed by atoms with van der Waals surface area (Å²) in [5, 5.41) is 0. The van der Waals surface area contributed by atoms with Crippen LogP contribution < -0.4 is 0 Å². The predicted molar refractivity (Wildman–Crippen MR) is 41.0 cm³/mol. The highest BCUT2D eigenvalue weighted by Gasteiger charge is 2.22. The summed E-state index contributed by atoms with van der Waals surface area (Å²) in [6.07, 6.45) is 3.21. The van der Waals surface area contributed by atoms with E-state index in [-0.39, 0.29) is 11.9 Å². The zero-order valence-corrected chi connectivity index (χ0v) is 6.85. The molecule has 1 amide bonds. The van der Waals surface area contributed by atoms with E-state index in [1.54, 1.807) is 4.90 Å². The van der Waals surface area contributed by atoms with Gasteiger partial charge in [0.2, 0.25) is 0 Å². The fraction of sp³-hybridized carbons (Fsp3) is 0.875. The lowest BCUT2D eigenvalue weighted by atomic mass is 10.0. The second-order valence-electron chi connectivity index (χ2n) is 3.07. The van der Waals surface area contributed by atoms with Gasteiger partial charge in [-0.25, -0.2) is 4.39 Å². The number of amides is 1. The van der Waals surface area contributed by atoms with Crippen LogP contribution in [-0.2, 0) is 4.79 Å². The molecule has 1 aliphatic rings. The Hall–Kier alpha value is -0.600. The summed E-state index contributed by atoms with van der Waals surface area (Å²) in [4.78, 5) is 12.6. The van der Waals surface area contributed by atoms with Gasteiger partial charge in [-0.05, 0) is 26.2 Å². The van der Waals surface area contributed by atoms with E-state index >= 15 is 0 Å². The molecule has 0 radical (unpaired) electrons. The number of halogens is 1. The maximum Gasteiger partial charge on any atom is 0.254 e. The van der Waals surface area contributed by atoms with Gasteiger partial charge in [-0.15, -0.1) is 0 Å². The average Bonchev–Trinajstić information content (AvgIpc) is 2.04. The van der Waals surface area contributed by atoms with Crippen molar-refractivity contribution in [1.29, 1.82) is 0 Å². The minimum absolute atomic E-state index is 0.243. The summed E-state index contributed by atoms with van der Waals surface area (Å²) in [6.45, 7) is 1.88. The highest BCUT2D eigenvalue weighted by Crippen LogP contribution is 2.16. The van der Waals surface area contributed by atoms with Crippen LogP contribution in [0.25, 0.3) is 0 Å². The fourth-order valence-electron chi connectivity index (χ4n) is 1.55. The molecule has 1 saturated heterocycles. The maximum absolute atomic E-state index is 12.0. The van der Waals surface area contributed by atoms with Crippen molar-refractivity contribution in [3.63, 3.8) is 0 Å². The van der Waals surface area contributed by atoms with E-state index in [9.17, 15) is 9.18 Å². The summed E-state index contributed by atoms with van der Waals surface area (Å²) in [5.74, 6) is -0.350. The minimum Gasteiger partial charge on any atom is -0.338 e. The molecule has 0 aliphatic carbocycles. The summed E-state index contributed by atoms with van der Waals surface area (Å²) in [7, 11) is 0. The number of likely N-dealkylation sites (tertiary alicyclic amines) is 1. The van der Waals surface area contributed by atoms with E-state index in [1.807, 2.05) is 6.92 Å². The molecular weight excluding hydrogens is 145 g/mol. The van der Waals surface area contributed by atoms with Crippen LogP contribution in [0.5, 0.6) is 0 Å². The monoisotopic (exact) mass is 159 g/mol. The third-order valence-electron chi connectivity index (χ3n) is 2.24. The van der Waals surface area contributed by atoms with Gasteiger partial charge in [-0.1, -0.05) is 0 Å². The predicted octanol–water partition coefficient (Wildman–Crippen LogP) is 1.36. The number of hydrogen-bond donors (Lipinski definition) is 0. The first kappa shape index (κ1) is 8.50. The van der Waals surface area contributed by atoms with Gasteiger partial charge in [0, 0.05) is 12.6 Å². The van der Waals surface area contributed by atoms with Crippen molar-refractivity contribution in [3.05, 3.63) is 0 Å². The molecule has 1 heterocycles. The number of alkyl halides is 1. The Morgan fingerprint density at radius 3 is 2.91 bits per heavy atom. The van der Waals surface area contributed by atoms with Crippen LogP contribution in [0.2, 0.25) is 0 Å². The molecule has 1 rings (SSSR count). The number of carbonyl (C=O) groups excluding carboxylic acids is 1. The summed E-state index contributed by atoms with van der Waals surface area (Å²) in [6, 6.07) is 0.243. The number of nitrogens with zero attached hydrogens (tertiary/aromatic N) is 1. The molecule has 0 aromatic carbocycles. The molecule has 1 fully saturated rings. The van der Waals surface area contributed by atoms with Crippen LogP contribution in [0, 0.1) is 0 Å². The minimum atomic E-state index is -0.843. The Labute approximate surface area is 66.4 Å². The number of hydrogen-bond acceptors (Lipinski definition) is 1. The quantitative estimate of drug-likeness (QED) is 0.565. The van der Waals surface area contributed by atoms with Crippen molar-refractivity contribution in [3.8, 4) is 0 Å². The SMILES string of the molecule is CC1CCCCN1C(=O)CF. The molecule has 64 valence electrons. The Bertz CT molecular complexity index is 149. The van der Waals surface area contributed by atoms with Crippen LogP contribution >= 0.6 is 0 Å². The maximum atomic E-state index is 12.0. The van der Waals surface area contributed by atoms with Crippen LogP contribution in [0.15, 0.2) is 0 Å². The third kappa shape index (κ3) is 1.91. The molecule has 2 nitrogen and oxygen atoms in total. The van der Waals surface area contributed by atoms with E-state index in [0.717, 1.165) is 25.8 Å². The molecule has 0 aromatic heterocycles. The van der Waals surface area contributed by atoms with Gasteiger partial charge in [-0.2, -0.15) is 0 Å². The van der Waals surface area contributed by atoms with Gasteiger partial charge >= 0.3 is 0 Å². The first-order valence-corrected chi connectivity index (χ1v) is 4.11. The molecule has 0 aromatic rings. The first-order chi connectivity index (χ1) is 5.25. The van der Waals surface area contributed by atoms with E-state index in [1.165, 1.54) is 0 Å². The van der Waals surface area contributed by atoms with E-state index in [0.29, 0.717) is 0 Å². The van der Waals surface area contributed by atoms with E-state index < -0.39 is 6.67 Å². The van der Waals surface area contributed by atoms with Crippen molar-refractivity contribution in [2.45, 2.75) is 32.2 Å². The van der Waals surface area contributed by atoms with Gasteiger partial charge in [0.05, 0.1) is 0 Å². The number of rotatable bonds is 1. The molecule has 0 saturated carbocycles. The highest BCUT2D eigenvalue weighted by atomic mass is 19.1. The second-order valence-corrected chi connectivity index (χ2v) is 3.07. The molecule has 1 aliphatic heterocycles. The van der Waals surface area contributed by atoms with Crippen LogP contribution in [0.1, 0.15) is 26.2 Å². The van der Waals surface area contributed by atoms with Crippen molar-refractivity contribution >= 4 is 5.91 Å². The average molecular weight is 159 g/mol. The molecule has 1 atom stereocenters. The van der Waals surface area contributed by atoms with Crippen molar-refractivity contribution in [2.75, 3.05) is 13.2 Å². The largest absolute Gasteiger partial charge is 0.338 e. The van der Waals surface area contributed by atoms with Gasteiger partial charge in [0.15, 0.2) is 6.67 Å². The lowest BCUT2D eigenvalue weighted by Crippen LogP contribution is -2.42. The second kappa shape index (κ2) is 3.69. The lowest BCUT2D eigenvalue weighted by Gasteiger charge is -2.32. The van der Waals surface area contributed by atoms with Gasteiger partial charge in [0.25, 0.3) is 5.91 Å². The number of piperidine rings is 1. The lowest BCUT2D eigenvalue weighted by molar-refractivity contribution is -0.135. The zero-order valence-electron chi connectivity index (χ0n) is 6.85. The summed E-state index contributed by atoms with van der Waals surface area (Å²) < 4.78 is 12.0. The standard InChI is InChI=1S/C8H14FNO/c1-7-4-2-3-5-10(7)8(11)6-9/h7H,2-6H2,1H3. The summed E-state index contributed by atoms with van der Waals surface area (Å²) >= 11 is 0. The first-order valence-electron chi connectivity index (χ1n) is 4.11. The third-order valence-corrected chi connectivity index (χ3v) is 2.24. The summed E-state index contributed by atoms with van der Waals surface area (Å²) in [5.41, 5.74) is 0. The Morgan fingerprint density at radius 2 is 2.36 bits per heavy atom. The topological polar surface area (TPSA) is 20.3 Å². The van der Waals surface area contributed by atoms with Crippen molar-refractivity contribution in [2.24, 2.45) is 0 Å². The van der Waals surface area contributed by atoms with E-state index in [2.05, 4.69) is 0 Å². The van der Waals surface area contributed by atoms with Gasteiger partial charge in [-0.3, -0.25) is 4.79 Å². The van der Waals surface area contributed by atoms with E-state index in [4.69, 9.17) is 0 Å². The molecule has 0 N–H and O–H groups in total. The van der Waals surface area contributed by atoms with Crippen LogP contribution in [-0.4, -0.2) is 30.1 Å². The molecule has 0 spiro atoms. The molecule has 11 heavy (non-hydrogen) atoms. The molecule has 0 bridgehead atoms. The molecule has 3 heteroatoms. The zero-order chi connectivity index (χ0) is 8.27. The van der Waals surface area contributed by atoms with Crippen molar-refractivity contribution in [1.82, 2.24) is 4.90 Å².